The summed E-state index contributed by atoms with van der Waals surface area (Å²) >= 11 is 0. The Hall–Kier alpha value is -0.610. The Morgan fingerprint density at radius 3 is 2.73 bits per heavy atom. The van der Waals surface area contributed by atoms with Crippen LogP contribution in [0.3, 0.4) is 0 Å². The normalized spacial score (nSPS) is 28.1. The summed E-state index contributed by atoms with van der Waals surface area (Å²) in [5.41, 5.74) is 0. The largest absolute Gasteiger partial charge is 0.469 e. The van der Waals surface area contributed by atoms with E-state index in [2.05, 4.69) is 9.64 Å². The number of rotatable bonds is 4. The number of esters is 1. The van der Waals surface area contributed by atoms with Gasteiger partial charge in [-0.15, -0.1) is 0 Å². The minimum Gasteiger partial charge on any atom is -0.469 e. The van der Waals surface area contributed by atoms with E-state index >= 15 is 0 Å². The molecular weight excluding hydrogens is 194 g/mol. The summed E-state index contributed by atoms with van der Waals surface area (Å²) in [5.74, 6) is -0.317. The van der Waals surface area contributed by atoms with Crippen molar-refractivity contribution in [2.24, 2.45) is 5.92 Å². The van der Waals surface area contributed by atoms with E-state index in [9.17, 15) is 9.90 Å². The lowest BCUT2D eigenvalue weighted by Crippen LogP contribution is -2.41. The van der Waals surface area contributed by atoms with Gasteiger partial charge in [-0.2, -0.15) is 0 Å². The Labute approximate surface area is 91.2 Å². The molecule has 1 N–H and O–H groups in total. The zero-order valence-electron chi connectivity index (χ0n) is 9.77. The average Bonchev–Trinajstić information content (AvgIpc) is 2.63. The summed E-state index contributed by atoms with van der Waals surface area (Å²) in [4.78, 5) is 13.3. The molecule has 1 aliphatic rings. The minimum atomic E-state index is -0.236. The highest BCUT2D eigenvalue weighted by molar-refractivity contribution is 5.72. The molecule has 4 nitrogen and oxygen atoms in total. The van der Waals surface area contributed by atoms with E-state index in [1.165, 1.54) is 7.11 Å². The van der Waals surface area contributed by atoms with Crippen LogP contribution in [-0.4, -0.2) is 48.8 Å². The van der Waals surface area contributed by atoms with Crippen molar-refractivity contribution in [2.45, 2.75) is 38.3 Å². The summed E-state index contributed by atoms with van der Waals surface area (Å²) in [6, 6.07) is 0.206. The summed E-state index contributed by atoms with van der Waals surface area (Å²) in [5, 5.41) is 9.71. The molecule has 0 saturated heterocycles. The second kappa shape index (κ2) is 5.47. The predicted molar refractivity (Wildman–Crippen MR) is 57.5 cm³/mol. The number of carbonyl (C=O) groups is 1. The molecule has 88 valence electrons. The van der Waals surface area contributed by atoms with Crippen LogP contribution in [-0.2, 0) is 9.53 Å². The molecule has 1 rings (SSSR count). The van der Waals surface area contributed by atoms with Crippen LogP contribution in [0.15, 0.2) is 0 Å². The molecular formula is C11H21NO3. The standard InChI is InChI=1S/C11H21NO3/c1-8(11(14)15-3)7-12(2)9-5-4-6-10(9)13/h8-10,13H,4-7H2,1-3H3. The zero-order valence-corrected chi connectivity index (χ0v) is 9.77. The third-order valence-electron chi connectivity index (χ3n) is 3.18. The predicted octanol–water partition coefficient (Wildman–Crippen LogP) is 0.641. The van der Waals surface area contributed by atoms with Crippen LogP contribution in [0, 0.1) is 5.92 Å². The highest BCUT2D eigenvalue weighted by atomic mass is 16.5. The van der Waals surface area contributed by atoms with Crippen LogP contribution in [0.4, 0.5) is 0 Å². The maximum Gasteiger partial charge on any atom is 0.309 e. The highest BCUT2D eigenvalue weighted by Gasteiger charge is 2.30. The van der Waals surface area contributed by atoms with Gasteiger partial charge >= 0.3 is 5.97 Å². The van der Waals surface area contributed by atoms with Gasteiger partial charge in [-0.25, -0.2) is 0 Å². The number of hydrogen-bond acceptors (Lipinski definition) is 4. The fourth-order valence-electron chi connectivity index (χ4n) is 2.28. The van der Waals surface area contributed by atoms with Gasteiger partial charge in [0.1, 0.15) is 0 Å². The fraction of sp³-hybridized carbons (Fsp3) is 0.909. The molecule has 0 amide bonds. The van der Waals surface area contributed by atoms with Gasteiger partial charge in [-0.3, -0.25) is 9.69 Å². The molecule has 3 unspecified atom stereocenters. The smallest absolute Gasteiger partial charge is 0.309 e. The SMILES string of the molecule is COC(=O)C(C)CN(C)C1CCCC1O. The van der Waals surface area contributed by atoms with Crippen molar-refractivity contribution in [2.75, 3.05) is 20.7 Å². The van der Waals surface area contributed by atoms with Gasteiger partial charge < -0.3 is 9.84 Å². The van der Waals surface area contributed by atoms with Crippen LogP contribution < -0.4 is 0 Å². The fourth-order valence-corrected chi connectivity index (χ4v) is 2.28. The number of methoxy groups -OCH3 is 1. The first-order chi connectivity index (χ1) is 7.06. The van der Waals surface area contributed by atoms with Gasteiger partial charge in [-0.05, 0) is 26.3 Å². The van der Waals surface area contributed by atoms with Crippen LogP contribution in [0.25, 0.3) is 0 Å². The summed E-state index contributed by atoms with van der Waals surface area (Å²) < 4.78 is 4.67. The van der Waals surface area contributed by atoms with Crippen LogP contribution >= 0.6 is 0 Å². The van der Waals surface area contributed by atoms with Gasteiger partial charge in [-0.1, -0.05) is 6.92 Å². The van der Waals surface area contributed by atoms with E-state index in [1.54, 1.807) is 0 Å². The Balaban J connectivity index is 2.40. The second-order valence-corrected chi connectivity index (χ2v) is 4.43. The van der Waals surface area contributed by atoms with Crippen molar-refractivity contribution >= 4 is 5.97 Å². The Morgan fingerprint density at radius 2 is 2.27 bits per heavy atom. The second-order valence-electron chi connectivity index (χ2n) is 4.43. The number of ether oxygens (including phenoxy) is 1. The molecule has 1 saturated carbocycles. The molecule has 0 aromatic rings. The summed E-state index contributed by atoms with van der Waals surface area (Å²) in [7, 11) is 3.36. The summed E-state index contributed by atoms with van der Waals surface area (Å²) in [6.07, 6.45) is 2.73. The third kappa shape index (κ3) is 3.18. The molecule has 0 spiro atoms. The zero-order chi connectivity index (χ0) is 11.4. The van der Waals surface area contributed by atoms with E-state index in [1.807, 2.05) is 14.0 Å². The van der Waals surface area contributed by atoms with Crippen LogP contribution in [0.5, 0.6) is 0 Å². The van der Waals surface area contributed by atoms with E-state index in [0.717, 1.165) is 19.3 Å². The van der Waals surface area contributed by atoms with Gasteiger partial charge in [0.05, 0.1) is 19.1 Å². The van der Waals surface area contributed by atoms with Crippen molar-refractivity contribution in [3.63, 3.8) is 0 Å². The average molecular weight is 215 g/mol. The molecule has 0 aromatic carbocycles. The number of likely N-dealkylation sites (N-methyl/N-ethyl adjacent to an activating group) is 1. The van der Waals surface area contributed by atoms with E-state index < -0.39 is 0 Å². The molecule has 4 heteroatoms. The molecule has 0 radical (unpaired) electrons. The topological polar surface area (TPSA) is 49.8 Å². The number of aliphatic hydroxyl groups is 1. The van der Waals surface area contributed by atoms with Gasteiger partial charge in [0.25, 0.3) is 0 Å². The van der Waals surface area contributed by atoms with Crippen molar-refractivity contribution in [3.8, 4) is 0 Å². The van der Waals surface area contributed by atoms with Crippen LogP contribution in [0.1, 0.15) is 26.2 Å². The van der Waals surface area contributed by atoms with Crippen molar-refractivity contribution in [3.05, 3.63) is 0 Å². The molecule has 0 bridgehead atoms. The quantitative estimate of drug-likeness (QED) is 0.699. The first kappa shape index (κ1) is 12.5. The van der Waals surface area contributed by atoms with Crippen molar-refractivity contribution in [1.29, 1.82) is 0 Å². The number of aliphatic hydroxyl groups excluding tert-OH is 1. The molecule has 15 heavy (non-hydrogen) atoms. The third-order valence-corrected chi connectivity index (χ3v) is 3.18. The molecule has 1 aliphatic carbocycles. The lowest BCUT2D eigenvalue weighted by molar-refractivity contribution is -0.145. The minimum absolute atomic E-state index is 0.132. The first-order valence-electron chi connectivity index (χ1n) is 5.52. The Bertz CT molecular complexity index is 220. The van der Waals surface area contributed by atoms with E-state index in [-0.39, 0.29) is 24.0 Å². The van der Waals surface area contributed by atoms with E-state index in [4.69, 9.17) is 0 Å². The summed E-state index contributed by atoms with van der Waals surface area (Å²) in [6.45, 7) is 2.50. The lowest BCUT2D eigenvalue weighted by Gasteiger charge is -2.28. The maximum atomic E-state index is 11.2. The molecule has 0 aliphatic heterocycles. The number of nitrogens with zero attached hydrogens (tertiary/aromatic N) is 1. The monoisotopic (exact) mass is 215 g/mol. The van der Waals surface area contributed by atoms with Gasteiger partial charge in [0.15, 0.2) is 0 Å². The highest BCUT2D eigenvalue weighted by Crippen LogP contribution is 2.23. The Morgan fingerprint density at radius 1 is 1.60 bits per heavy atom. The molecule has 0 heterocycles. The van der Waals surface area contributed by atoms with E-state index in [0.29, 0.717) is 6.54 Å². The molecule has 0 aromatic heterocycles. The first-order valence-corrected chi connectivity index (χ1v) is 5.52. The molecule has 1 fully saturated rings. The lowest BCUT2D eigenvalue weighted by atomic mass is 10.1. The Kier molecular flexibility index (Phi) is 4.54. The maximum absolute atomic E-state index is 11.2. The van der Waals surface area contributed by atoms with Gasteiger partial charge in [0, 0.05) is 12.6 Å². The van der Waals surface area contributed by atoms with Crippen molar-refractivity contribution in [1.82, 2.24) is 4.90 Å². The van der Waals surface area contributed by atoms with Crippen LogP contribution in [0.2, 0.25) is 0 Å². The molecule has 3 atom stereocenters. The number of hydrogen-bond donors (Lipinski definition) is 1. The number of carbonyl (C=O) groups excluding carboxylic acids is 1. The van der Waals surface area contributed by atoms with Gasteiger partial charge in [0.2, 0.25) is 0 Å². The van der Waals surface area contributed by atoms with Crippen molar-refractivity contribution < 1.29 is 14.6 Å².